The summed E-state index contributed by atoms with van der Waals surface area (Å²) >= 11 is 2.00. The Balaban J connectivity index is 1.77. The quantitative estimate of drug-likeness (QED) is 0.873. The zero-order valence-electron chi connectivity index (χ0n) is 11.4. The lowest BCUT2D eigenvalue weighted by molar-refractivity contribution is 0.230. The molecule has 0 amide bonds. The molecule has 0 aliphatic heterocycles. The van der Waals surface area contributed by atoms with Crippen molar-refractivity contribution in [2.45, 2.75) is 64.3 Å². The Morgan fingerprint density at radius 2 is 2.11 bits per heavy atom. The highest BCUT2D eigenvalue weighted by Gasteiger charge is 2.31. The van der Waals surface area contributed by atoms with Gasteiger partial charge in [0.15, 0.2) is 0 Å². The van der Waals surface area contributed by atoms with Gasteiger partial charge in [-0.3, -0.25) is 0 Å². The monoisotopic (exact) mass is 264 g/mol. The van der Waals surface area contributed by atoms with Crippen LogP contribution in [0.3, 0.4) is 0 Å². The van der Waals surface area contributed by atoms with E-state index < -0.39 is 0 Å². The molecule has 1 heterocycles. The highest BCUT2D eigenvalue weighted by molar-refractivity contribution is 7.11. The molecule has 1 N–H and O–H groups in total. The van der Waals surface area contributed by atoms with Crippen LogP contribution in [0.2, 0.25) is 0 Å². The third-order valence-corrected chi connectivity index (χ3v) is 5.60. The van der Waals surface area contributed by atoms with Gasteiger partial charge >= 0.3 is 0 Å². The zero-order chi connectivity index (χ0) is 12.4. The molecule has 18 heavy (non-hydrogen) atoms. The van der Waals surface area contributed by atoms with E-state index in [0.717, 1.165) is 12.5 Å². The van der Waals surface area contributed by atoms with Crippen LogP contribution in [-0.2, 0) is 12.8 Å². The topological polar surface area (TPSA) is 24.9 Å². The van der Waals surface area contributed by atoms with E-state index in [1.807, 2.05) is 11.3 Å². The van der Waals surface area contributed by atoms with E-state index in [2.05, 4.69) is 12.2 Å². The Bertz CT molecular complexity index is 372. The van der Waals surface area contributed by atoms with Crippen LogP contribution in [-0.4, -0.2) is 11.5 Å². The van der Waals surface area contributed by atoms with Crippen molar-refractivity contribution in [3.05, 3.63) is 15.6 Å². The lowest BCUT2D eigenvalue weighted by Crippen LogP contribution is -2.32. The third kappa shape index (κ3) is 2.48. The van der Waals surface area contributed by atoms with Gasteiger partial charge in [-0.15, -0.1) is 11.3 Å². The van der Waals surface area contributed by atoms with Gasteiger partial charge in [0.2, 0.25) is 0 Å². The van der Waals surface area contributed by atoms with E-state index in [1.54, 1.807) is 4.88 Å². The molecule has 2 nitrogen and oxygen atoms in total. The van der Waals surface area contributed by atoms with E-state index in [1.165, 1.54) is 62.1 Å². The summed E-state index contributed by atoms with van der Waals surface area (Å²) in [6.07, 6.45) is 10.6. The maximum absolute atomic E-state index is 4.96. The van der Waals surface area contributed by atoms with Gasteiger partial charge in [-0.1, -0.05) is 13.3 Å². The van der Waals surface area contributed by atoms with Gasteiger partial charge in [0.25, 0.3) is 0 Å². The second-order valence-electron chi connectivity index (χ2n) is 5.75. The second kappa shape index (κ2) is 5.70. The molecule has 1 atom stereocenters. The number of aromatic nitrogens is 1. The van der Waals surface area contributed by atoms with Crippen molar-refractivity contribution in [3.63, 3.8) is 0 Å². The van der Waals surface area contributed by atoms with Crippen LogP contribution in [0.25, 0.3) is 0 Å². The van der Waals surface area contributed by atoms with Crippen LogP contribution in [0.15, 0.2) is 0 Å². The molecular formula is C15H24N2S. The van der Waals surface area contributed by atoms with Gasteiger partial charge in [0.1, 0.15) is 5.01 Å². The van der Waals surface area contributed by atoms with Crippen molar-refractivity contribution >= 4 is 11.3 Å². The number of aryl methyl sites for hydroxylation is 2. The standard InChI is InChI=1S/C15H24N2S/c1-2-10-16-14(11-6-5-7-11)15-17-12-8-3-4-9-13(12)18-15/h11,14,16H,2-10H2,1H3. The molecule has 0 radical (unpaired) electrons. The number of hydrogen-bond donors (Lipinski definition) is 1. The molecule has 1 fully saturated rings. The summed E-state index contributed by atoms with van der Waals surface area (Å²) in [5.74, 6) is 0.851. The molecule has 0 saturated heterocycles. The summed E-state index contributed by atoms with van der Waals surface area (Å²) < 4.78 is 0. The Morgan fingerprint density at radius 1 is 1.28 bits per heavy atom. The number of nitrogens with one attached hydrogen (secondary N) is 1. The average molecular weight is 264 g/mol. The van der Waals surface area contributed by atoms with Crippen LogP contribution >= 0.6 is 11.3 Å². The van der Waals surface area contributed by atoms with E-state index in [4.69, 9.17) is 4.98 Å². The first-order valence-corrected chi connectivity index (χ1v) is 8.42. The third-order valence-electron chi connectivity index (χ3n) is 4.36. The minimum atomic E-state index is 0.550. The molecule has 100 valence electrons. The summed E-state index contributed by atoms with van der Waals surface area (Å²) in [7, 11) is 0. The van der Waals surface area contributed by atoms with Gasteiger partial charge in [0, 0.05) is 4.88 Å². The molecule has 1 aromatic rings. The number of rotatable bonds is 5. The van der Waals surface area contributed by atoms with Crippen molar-refractivity contribution < 1.29 is 0 Å². The highest BCUT2D eigenvalue weighted by Crippen LogP contribution is 2.40. The zero-order valence-corrected chi connectivity index (χ0v) is 12.2. The van der Waals surface area contributed by atoms with Crippen LogP contribution in [0.5, 0.6) is 0 Å². The van der Waals surface area contributed by atoms with Crippen molar-refractivity contribution in [2.75, 3.05) is 6.54 Å². The first-order valence-electron chi connectivity index (χ1n) is 7.60. The molecule has 2 aliphatic carbocycles. The summed E-state index contributed by atoms with van der Waals surface area (Å²) in [5.41, 5.74) is 1.42. The maximum Gasteiger partial charge on any atom is 0.110 e. The van der Waals surface area contributed by atoms with Gasteiger partial charge in [0.05, 0.1) is 11.7 Å². The van der Waals surface area contributed by atoms with Crippen LogP contribution < -0.4 is 5.32 Å². The molecule has 0 bridgehead atoms. The highest BCUT2D eigenvalue weighted by atomic mass is 32.1. The summed E-state index contributed by atoms with van der Waals surface area (Å²) in [5, 5.41) is 5.13. The van der Waals surface area contributed by atoms with Crippen LogP contribution in [0.4, 0.5) is 0 Å². The second-order valence-corrected chi connectivity index (χ2v) is 6.87. The van der Waals surface area contributed by atoms with Crippen LogP contribution in [0, 0.1) is 5.92 Å². The normalized spacial score (nSPS) is 21.4. The van der Waals surface area contributed by atoms with Gasteiger partial charge in [-0.2, -0.15) is 0 Å². The number of hydrogen-bond acceptors (Lipinski definition) is 3. The number of thiazole rings is 1. The molecule has 0 spiro atoms. The Hall–Kier alpha value is -0.410. The van der Waals surface area contributed by atoms with Crippen LogP contribution in [0.1, 0.15) is 67.1 Å². The maximum atomic E-state index is 4.96. The molecule has 1 unspecified atom stereocenters. The molecule has 1 aromatic heterocycles. The fraction of sp³-hybridized carbons (Fsp3) is 0.800. The summed E-state index contributed by atoms with van der Waals surface area (Å²) in [6.45, 7) is 3.38. The van der Waals surface area contributed by atoms with Crippen molar-refractivity contribution in [1.82, 2.24) is 10.3 Å². The predicted octanol–water partition coefficient (Wildman–Crippen LogP) is 3.86. The van der Waals surface area contributed by atoms with Crippen molar-refractivity contribution in [3.8, 4) is 0 Å². The smallest absolute Gasteiger partial charge is 0.110 e. The molecular weight excluding hydrogens is 240 g/mol. The SMILES string of the molecule is CCCNC(c1nc2c(s1)CCCC2)C1CCC1. The number of fused-ring (bicyclic) bond motifs is 1. The van der Waals surface area contributed by atoms with E-state index in [9.17, 15) is 0 Å². The molecule has 1 saturated carbocycles. The molecule has 2 aliphatic rings. The Morgan fingerprint density at radius 3 is 2.78 bits per heavy atom. The van der Waals surface area contributed by atoms with E-state index in [0.29, 0.717) is 6.04 Å². The van der Waals surface area contributed by atoms with E-state index in [-0.39, 0.29) is 0 Å². The molecule has 3 rings (SSSR count). The lowest BCUT2D eigenvalue weighted by Gasteiger charge is -2.33. The lowest BCUT2D eigenvalue weighted by atomic mass is 9.80. The van der Waals surface area contributed by atoms with Gasteiger partial charge in [-0.05, 0) is 57.4 Å². The van der Waals surface area contributed by atoms with Crippen molar-refractivity contribution in [2.24, 2.45) is 5.92 Å². The summed E-state index contributed by atoms with van der Waals surface area (Å²) in [6, 6.07) is 0.550. The fourth-order valence-electron chi connectivity index (χ4n) is 3.03. The minimum absolute atomic E-state index is 0.550. The van der Waals surface area contributed by atoms with E-state index >= 15 is 0 Å². The Labute approximate surface area is 114 Å². The number of nitrogens with zero attached hydrogens (tertiary/aromatic N) is 1. The fourth-order valence-corrected chi connectivity index (χ4v) is 4.36. The van der Waals surface area contributed by atoms with Gasteiger partial charge < -0.3 is 5.32 Å². The molecule has 0 aromatic carbocycles. The predicted molar refractivity (Wildman–Crippen MR) is 77.1 cm³/mol. The van der Waals surface area contributed by atoms with Crippen molar-refractivity contribution in [1.29, 1.82) is 0 Å². The summed E-state index contributed by atoms with van der Waals surface area (Å²) in [4.78, 5) is 6.55. The largest absolute Gasteiger partial charge is 0.308 e. The van der Waals surface area contributed by atoms with Gasteiger partial charge in [-0.25, -0.2) is 4.98 Å². The molecule has 3 heteroatoms. The average Bonchev–Trinajstić information content (AvgIpc) is 2.75. The minimum Gasteiger partial charge on any atom is -0.308 e. The Kier molecular flexibility index (Phi) is 4.00. The first kappa shape index (κ1) is 12.6. The first-order chi connectivity index (χ1) is 8.88.